The molecule has 9 heteroatoms. The van der Waals surface area contributed by atoms with Crippen molar-refractivity contribution in [3.8, 4) is 0 Å². The van der Waals surface area contributed by atoms with Gasteiger partial charge in [0.05, 0.1) is 6.33 Å². The molecule has 0 unspecified atom stereocenters. The third-order valence-electron chi connectivity index (χ3n) is 4.14. The number of halogens is 1. The lowest BCUT2D eigenvalue weighted by Gasteiger charge is -2.37. The van der Waals surface area contributed by atoms with E-state index in [1.807, 2.05) is 6.92 Å². The summed E-state index contributed by atoms with van der Waals surface area (Å²) in [5.74, 6) is 0. The van der Waals surface area contributed by atoms with E-state index in [2.05, 4.69) is 26.4 Å². The molecule has 1 atom stereocenters. The average molecular weight is 350 g/mol. The van der Waals surface area contributed by atoms with Crippen LogP contribution in [0.1, 0.15) is 13.8 Å². The summed E-state index contributed by atoms with van der Waals surface area (Å²) < 4.78 is 28.6. The van der Waals surface area contributed by atoms with Gasteiger partial charge in [0.15, 0.2) is 0 Å². The van der Waals surface area contributed by atoms with Gasteiger partial charge >= 0.3 is 0 Å². The Morgan fingerprint density at radius 3 is 2.50 bits per heavy atom. The molecule has 1 aromatic heterocycles. The zero-order chi connectivity index (χ0) is 16.3. The minimum Gasteiger partial charge on any atom is -0.324 e. The quantitative estimate of drug-likeness (QED) is 0.804. The highest BCUT2D eigenvalue weighted by Gasteiger charge is 2.25. The fraction of sp³-hybridized carbons (Fsp3) is 0.769. The van der Waals surface area contributed by atoms with Crippen molar-refractivity contribution < 1.29 is 8.42 Å². The molecule has 0 aliphatic carbocycles. The third kappa shape index (κ3) is 3.99. The zero-order valence-electron chi connectivity index (χ0n) is 13.3. The first-order valence-electron chi connectivity index (χ1n) is 7.48. The zero-order valence-corrected chi connectivity index (χ0v) is 14.9. The fourth-order valence-electron chi connectivity index (χ4n) is 2.52. The van der Waals surface area contributed by atoms with E-state index in [0.717, 1.165) is 32.7 Å². The lowest BCUT2D eigenvalue weighted by molar-refractivity contribution is 0.107. The van der Waals surface area contributed by atoms with Crippen LogP contribution >= 0.6 is 11.6 Å². The second kappa shape index (κ2) is 7.27. The fourth-order valence-corrected chi connectivity index (χ4v) is 4.07. The van der Waals surface area contributed by atoms with Crippen molar-refractivity contribution in [3.05, 3.63) is 11.5 Å². The van der Waals surface area contributed by atoms with E-state index in [1.54, 1.807) is 7.05 Å². The molecule has 0 spiro atoms. The van der Waals surface area contributed by atoms with Gasteiger partial charge in [0.25, 0.3) is 10.0 Å². The smallest absolute Gasteiger partial charge is 0.261 e. The van der Waals surface area contributed by atoms with Gasteiger partial charge in [-0.05, 0) is 13.5 Å². The molecule has 1 saturated heterocycles. The van der Waals surface area contributed by atoms with Gasteiger partial charge in [-0.25, -0.2) is 18.1 Å². The van der Waals surface area contributed by atoms with Gasteiger partial charge in [-0.1, -0.05) is 18.5 Å². The lowest BCUT2D eigenvalue weighted by atomic mass is 10.2. The van der Waals surface area contributed by atoms with Crippen LogP contribution in [0.5, 0.6) is 0 Å². The highest BCUT2D eigenvalue weighted by atomic mass is 35.5. The van der Waals surface area contributed by atoms with Gasteiger partial charge in [-0.15, -0.1) is 0 Å². The maximum absolute atomic E-state index is 12.3. The molecule has 0 aromatic carbocycles. The van der Waals surface area contributed by atoms with Crippen LogP contribution < -0.4 is 4.72 Å². The van der Waals surface area contributed by atoms with Crippen molar-refractivity contribution in [2.45, 2.75) is 24.9 Å². The summed E-state index contributed by atoms with van der Waals surface area (Å²) in [4.78, 5) is 8.55. The van der Waals surface area contributed by atoms with E-state index < -0.39 is 10.0 Å². The van der Waals surface area contributed by atoms with E-state index in [1.165, 1.54) is 10.9 Å². The summed E-state index contributed by atoms with van der Waals surface area (Å²) in [7, 11) is -2.01. The Morgan fingerprint density at radius 1 is 1.36 bits per heavy atom. The Hall–Kier alpha value is -0.670. The van der Waals surface area contributed by atoms with Crippen molar-refractivity contribution in [2.75, 3.05) is 39.3 Å². The number of hydrogen-bond donors (Lipinski definition) is 1. The number of sulfonamides is 1. The Balaban J connectivity index is 1.91. The molecule has 126 valence electrons. The highest BCUT2D eigenvalue weighted by Crippen LogP contribution is 2.18. The molecule has 2 rings (SSSR count). The maximum Gasteiger partial charge on any atom is 0.261 e. The molecule has 1 fully saturated rings. The van der Waals surface area contributed by atoms with Crippen LogP contribution in [0, 0.1) is 0 Å². The van der Waals surface area contributed by atoms with Crippen molar-refractivity contribution in [3.63, 3.8) is 0 Å². The van der Waals surface area contributed by atoms with Crippen LogP contribution in [0.3, 0.4) is 0 Å². The molecule has 1 aliphatic heterocycles. The first-order valence-corrected chi connectivity index (χ1v) is 9.34. The monoisotopic (exact) mass is 349 g/mol. The lowest BCUT2D eigenvalue weighted by Crippen LogP contribution is -2.52. The highest BCUT2D eigenvalue weighted by molar-refractivity contribution is 7.89. The molecule has 22 heavy (non-hydrogen) atoms. The van der Waals surface area contributed by atoms with Gasteiger partial charge in [0, 0.05) is 45.8 Å². The Kier molecular flexibility index (Phi) is 5.84. The normalized spacial score (nSPS) is 19.5. The van der Waals surface area contributed by atoms with Crippen LogP contribution in [-0.4, -0.2) is 73.1 Å². The first-order chi connectivity index (χ1) is 10.3. The summed E-state index contributed by atoms with van der Waals surface area (Å²) >= 11 is 5.95. The molecule has 1 aromatic rings. The molecule has 1 N–H and O–H groups in total. The summed E-state index contributed by atoms with van der Waals surface area (Å²) in [6.07, 6.45) is 1.39. The number of aryl methyl sites for hydroxylation is 1. The van der Waals surface area contributed by atoms with E-state index in [4.69, 9.17) is 11.6 Å². The molecular formula is C13H24ClN5O2S. The molecule has 7 nitrogen and oxygen atoms in total. The predicted molar refractivity (Wildman–Crippen MR) is 86.6 cm³/mol. The van der Waals surface area contributed by atoms with Crippen molar-refractivity contribution in [1.82, 2.24) is 24.1 Å². The van der Waals surface area contributed by atoms with Crippen LogP contribution in [0.2, 0.25) is 5.15 Å². The maximum atomic E-state index is 12.3. The summed E-state index contributed by atoms with van der Waals surface area (Å²) in [5.41, 5.74) is 0. The SMILES string of the molecule is CCN1CCN([C@H](C)CNS(=O)(=O)c2ncn(C)c2Cl)CC1. The molecule has 0 radical (unpaired) electrons. The van der Waals surface area contributed by atoms with Gasteiger partial charge in [0.1, 0.15) is 5.15 Å². The third-order valence-corrected chi connectivity index (χ3v) is 6.05. The standard InChI is InChI=1S/C13H24ClN5O2S/c1-4-18-5-7-19(8-6-18)11(2)9-16-22(20,21)13-12(14)17(3)10-15-13/h10-11,16H,4-9H2,1-3H3/t11-/m1/s1. The van der Waals surface area contributed by atoms with Crippen molar-refractivity contribution in [2.24, 2.45) is 7.05 Å². The number of nitrogens with one attached hydrogen (secondary N) is 1. The number of imidazole rings is 1. The van der Waals surface area contributed by atoms with Gasteiger partial charge < -0.3 is 9.47 Å². The van der Waals surface area contributed by atoms with Crippen LogP contribution in [0.15, 0.2) is 11.4 Å². The van der Waals surface area contributed by atoms with E-state index >= 15 is 0 Å². The van der Waals surface area contributed by atoms with Gasteiger partial charge in [-0.3, -0.25) is 4.90 Å². The Morgan fingerprint density at radius 2 is 2.00 bits per heavy atom. The van der Waals surface area contributed by atoms with Crippen LogP contribution in [-0.2, 0) is 17.1 Å². The molecule has 0 saturated carbocycles. The van der Waals surface area contributed by atoms with Gasteiger partial charge in [-0.2, -0.15) is 0 Å². The Labute approximate surface area is 137 Å². The topological polar surface area (TPSA) is 70.5 Å². The van der Waals surface area contributed by atoms with Crippen LogP contribution in [0.25, 0.3) is 0 Å². The van der Waals surface area contributed by atoms with E-state index in [-0.39, 0.29) is 16.2 Å². The number of nitrogens with zero attached hydrogens (tertiary/aromatic N) is 4. The van der Waals surface area contributed by atoms with Crippen molar-refractivity contribution in [1.29, 1.82) is 0 Å². The predicted octanol–water partition coefficient (Wildman–Crippen LogP) is 0.378. The molecule has 0 bridgehead atoms. The summed E-state index contributed by atoms with van der Waals surface area (Å²) in [6, 6.07) is 0.135. The number of rotatable bonds is 6. The number of piperazine rings is 1. The molecular weight excluding hydrogens is 326 g/mol. The largest absolute Gasteiger partial charge is 0.324 e. The number of aromatic nitrogens is 2. The minimum absolute atomic E-state index is 0.111. The minimum atomic E-state index is -3.67. The van der Waals surface area contributed by atoms with E-state index in [0.29, 0.717) is 6.54 Å². The molecule has 2 heterocycles. The second-order valence-electron chi connectivity index (χ2n) is 5.62. The molecule has 1 aliphatic rings. The molecule has 0 amide bonds. The average Bonchev–Trinajstić information content (AvgIpc) is 2.85. The van der Waals surface area contributed by atoms with Crippen molar-refractivity contribution >= 4 is 21.6 Å². The summed E-state index contributed by atoms with van der Waals surface area (Å²) in [5, 5.41) is 0.0105. The van der Waals surface area contributed by atoms with Gasteiger partial charge in [0.2, 0.25) is 5.03 Å². The first kappa shape index (κ1) is 17.7. The van der Waals surface area contributed by atoms with Crippen LogP contribution in [0.4, 0.5) is 0 Å². The second-order valence-corrected chi connectivity index (χ2v) is 7.66. The number of likely N-dealkylation sites (N-methyl/N-ethyl adjacent to an activating group) is 1. The Bertz CT molecular complexity index is 596. The van der Waals surface area contributed by atoms with E-state index in [9.17, 15) is 8.42 Å². The summed E-state index contributed by atoms with van der Waals surface area (Å²) in [6.45, 7) is 9.57. The number of hydrogen-bond acceptors (Lipinski definition) is 5.